The molecule has 2 aromatic carbocycles. The molecule has 0 unspecified atom stereocenters. The Bertz CT molecular complexity index is 731. The number of aromatic nitrogens is 2. The fraction of sp³-hybridized carbons (Fsp3) is 0. The Balaban J connectivity index is 1.95. The zero-order chi connectivity index (χ0) is 13.2. The minimum Gasteiger partial charge on any atom is -0.437 e. The van der Waals surface area contributed by atoms with Crippen molar-refractivity contribution < 1.29 is 4.74 Å². The van der Waals surface area contributed by atoms with Crippen molar-refractivity contribution in [3.63, 3.8) is 0 Å². The van der Waals surface area contributed by atoms with Crippen molar-refractivity contribution in [3.05, 3.63) is 58.2 Å². The van der Waals surface area contributed by atoms with E-state index in [1.165, 1.54) is 0 Å². The van der Waals surface area contributed by atoms with Crippen molar-refractivity contribution in [2.45, 2.75) is 0 Å². The quantitative estimate of drug-likeness (QED) is 0.672. The van der Waals surface area contributed by atoms with Crippen LogP contribution in [0.4, 0.5) is 0 Å². The van der Waals surface area contributed by atoms with E-state index in [0.717, 1.165) is 4.47 Å². The van der Waals surface area contributed by atoms with Crippen LogP contribution in [-0.2, 0) is 0 Å². The van der Waals surface area contributed by atoms with Crippen molar-refractivity contribution in [2.75, 3.05) is 0 Å². The lowest BCUT2D eigenvalue weighted by molar-refractivity contribution is 0.462. The summed E-state index contributed by atoms with van der Waals surface area (Å²) in [4.78, 5) is 8.64. The molecule has 0 saturated carbocycles. The van der Waals surface area contributed by atoms with Gasteiger partial charge < -0.3 is 4.74 Å². The molecule has 0 aliphatic rings. The van der Waals surface area contributed by atoms with Crippen LogP contribution in [0.15, 0.2) is 53.1 Å². The third-order valence-corrected chi connectivity index (χ3v) is 3.37. The van der Waals surface area contributed by atoms with E-state index in [9.17, 15) is 0 Å². The minimum absolute atomic E-state index is 0.442. The maximum absolute atomic E-state index is 6.04. The summed E-state index contributed by atoms with van der Waals surface area (Å²) in [6, 6.07) is 13.0. The van der Waals surface area contributed by atoms with Crippen LogP contribution in [-0.4, -0.2) is 9.97 Å². The number of hydrogen-bond donors (Lipinski definition) is 0. The molecule has 94 valence electrons. The minimum atomic E-state index is 0.442. The third kappa shape index (κ3) is 2.69. The summed E-state index contributed by atoms with van der Waals surface area (Å²) in [5.41, 5.74) is 1.38. The van der Waals surface area contributed by atoms with Crippen LogP contribution in [0.1, 0.15) is 0 Å². The van der Waals surface area contributed by atoms with Gasteiger partial charge in [0.2, 0.25) is 5.88 Å². The van der Waals surface area contributed by atoms with Gasteiger partial charge in [0, 0.05) is 4.47 Å². The van der Waals surface area contributed by atoms with E-state index in [1.54, 1.807) is 12.3 Å². The molecule has 0 aliphatic carbocycles. The highest BCUT2D eigenvalue weighted by Gasteiger charge is 2.04. The summed E-state index contributed by atoms with van der Waals surface area (Å²) >= 11 is 9.41. The van der Waals surface area contributed by atoms with Crippen molar-refractivity contribution in [3.8, 4) is 11.6 Å². The fourth-order valence-electron chi connectivity index (χ4n) is 1.66. The highest BCUT2D eigenvalue weighted by Crippen LogP contribution is 2.25. The van der Waals surface area contributed by atoms with Gasteiger partial charge in [-0.1, -0.05) is 33.6 Å². The average Bonchev–Trinajstić information content (AvgIpc) is 2.42. The number of nitrogens with zero attached hydrogens (tertiary/aromatic N) is 2. The molecular formula is C14H8BrClN2O. The Morgan fingerprint density at radius 2 is 1.84 bits per heavy atom. The second-order valence-electron chi connectivity index (χ2n) is 3.87. The van der Waals surface area contributed by atoms with Gasteiger partial charge in [0.25, 0.3) is 0 Å². The number of fused-ring (bicyclic) bond motifs is 1. The molecule has 3 rings (SSSR count). The van der Waals surface area contributed by atoms with Crippen molar-refractivity contribution in [2.24, 2.45) is 0 Å². The van der Waals surface area contributed by atoms with Crippen molar-refractivity contribution in [1.29, 1.82) is 0 Å². The predicted octanol–water partition coefficient (Wildman–Crippen LogP) is 4.84. The van der Waals surface area contributed by atoms with Crippen LogP contribution in [0.5, 0.6) is 11.6 Å². The molecule has 19 heavy (non-hydrogen) atoms. The summed E-state index contributed by atoms with van der Waals surface area (Å²) in [6.07, 6.45) is 1.57. The molecule has 0 bridgehead atoms. The zero-order valence-electron chi connectivity index (χ0n) is 9.68. The highest BCUT2D eigenvalue weighted by atomic mass is 79.9. The van der Waals surface area contributed by atoms with Crippen LogP contribution < -0.4 is 4.74 Å². The summed E-state index contributed by atoms with van der Waals surface area (Å²) in [6.45, 7) is 0. The lowest BCUT2D eigenvalue weighted by Crippen LogP contribution is -1.91. The zero-order valence-corrected chi connectivity index (χ0v) is 12.0. The van der Waals surface area contributed by atoms with Gasteiger partial charge in [0.1, 0.15) is 11.3 Å². The monoisotopic (exact) mass is 334 g/mol. The molecule has 1 heterocycles. The Morgan fingerprint density at radius 1 is 1.05 bits per heavy atom. The normalized spacial score (nSPS) is 10.6. The third-order valence-electron chi connectivity index (χ3n) is 2.54. The molecule has 0 N–H and O–H groups in total. The van der Waals surface area contributed by atoms with Gasteiger partial charge in [0.05, 0.1) is 16.7 Å². The smallest absolute Gasteiger partial charge is 0.238 e. The van der Waals surface area contributed by atoms with Gasteiger partial charge >= 0.3 is 0 Å². The first-order valence-electron chi connectivity index (χ1n) is 5.57. The number of rotatable bonds is 2. The summed E-state index contributed by atoms with van der Waals surface area (Å²) < 4.78 is 6.64. The first-order valence-corrected chi connectivity index (χ1v) is 6.74. The van der Waals surface area contributed by atoms with Crippen LogP contribution in [0.2, 0.25) is 5.02 Å². The molecule has 0 amide bonds. The molecule has 1 aromatic heterocycles. The molecule has 3 nitrogen and oxygen atoms in total. The van der Waals surface area contributed by atoms with Gasteiger partial charge in [0.15, 0.2) is 0 Å². The number of ether oxygens (including phenoxy) is 1. The molecule has 5 heteroatoms. The first kappa shape index (κ1) is 12.4. The van der Waals surface area contributed by atoms with Gasteiger partial charge in [-0.2, -0.15) is 0 Å². The van der Waals surface area contributed by atoms with Gasteiger partial charge in [-0.05, 0) is 36.4 Å². The van der Waals surface area contributed by atoms with E-state index in [1.807, 2.05) is 36.4 Å². The first-order chi connectivity index (χ1) is 9.22. The molecule has 3 aromatic rings. The number of para-hydroxylation sites is 1. The molecular weight excluding hydrogens is 328 g/mol. The second kappa shape index (κ2) is 5.15. The van der Waals surface area contributed by atoms with Crippen LogP contribution in [0.3, 0.4) is 0 Å². The Kier molecular flexibility index (Phi) is 3.36. The van der Waals surface area contributed by atoms with Gasteiger partial charge in [-0.25, -0.2) is 9.97 Å². The lowest BCUT2D eigenvalue weighted by Gasteiger charge is -2.05. The van der Waals surface area contributed by atoms with Crippen LogP contribution >= 0.6 is 27.5 Å². The maximum Gasteiger partial charge on any atom is 0.238 e. The van der Waals surface area contributed by atoms with Gasteiger partial charge in [-0.3, -0.25) is 0 Å². The lowest BCUT2D eigenvalue weighted by atomic mass is 10.3. The standard InChI is InChI=1S/C14H8BrClN2O/c15-9-4-6-10(7-5-9)19-13-8-17-14-11(16)2-1-3-12(14)18-13/h1-8H. The van der Waals surface area contributed by atoms with Crippen LogP contribution in [0.25, 0.3) is 11.0 Å². The molecule has 0 radical (unpaired) electrons. The maximum atomic E-state index is 6.04. The second-order valence-corrected chi connectivity index (χ2v) is 5.19. The summed E-state index contributed by atoms with van der Waals surface area (Å²) in [7, 11) is 0. The molecule has 0 atom stereocenters. The van der Waals surface area contributed by atoms with Gasteiger partial charge in [-0.15, -0.1) is 0 Å². The Morgan fingerprint density at radius 3 is 2.63 bits per heavy atom. The molecule has 0 aliphatic heterocycles. The topological polar surface area (TPSA) is 35.0 Å². The van der Waals surface area contributed by atoms with E-state index in [4.69, 9.17) is 16.3 Å². The fourth-order valence-corrected chi connectivity index (χ4v) is 2.14. The largest absolute Gasteiger partial charge is 0.437 e. The molecule has 0 spiro atoms. The Hall–Kier alpha value is -1.65. The molecule has 0 fully saturated rings. The number of halogens is 2. The van der Waals surface area contributed by atoms with E-state index < -0.39 is 0 Å². The SMILES string of the molecule is Clc1cccc2nc(Oc3ccc(Br)cc3)cnc12. The highest BCUT2D eigenvalue weighted by molar-refractivity contribution is 9.10. The average molecular weight is 336 g/mol. The van der Waals surface area contributed by atoms with E-state index >= 15 is 0 Å². The predicted molar refractivity (Wildman–Crippen MR) is 78.8 cm³/mol. The number of benzene rings is 2. The molecule has 0 saturated heterocycles. The number of hydrogen-bond acceptors (Lipinski definition) is 3. The van der Waals surface area contributed by atoms with Crippen molar-refractivity contribution >= 4 is 38.6 Å². The Labute approximate surface area is 123 Å². The summed E-state index contributed by atoms with van der Waals surface area (Å²) in [5, 5.41) is 0.584. The van der Waals surface area contributed by atoms with E-state index in [-0.39, 0.29) is 0 Å². The van der Waals surface area contributed by atoms with Crippen LogP contribution in [0, 0.1) is 0 Å². The van der Waals surface area contributed by atoms with E-state index in [2.05, 4.69) is 25.9 Å². The summed E-state index contributed by atoms with van der Waals surface area (Å²) in [5.74, 6) is 1.15. The van der Waals surface area contributed by atoms with E-state index in [0.29, 0.717) is 27.7 Å². The van der Waals surface area contributed by atoms with Crippen molar-refractivity contribution in [1.82, 2.24) is 9.97 Å².